The second kappa shape index (κ2) is 7.04. The lowest BCUT2D eigenvalue weighted by molar-refractivity contribution is -0.110. The van der Waals surface area contributed by atoms with Gasteiger partial charge in [-0.15, -0.1) is 0 Å². The summed E-state index contributed by atoms with van der Waals surface area (Å²) in [5.74, 6) is 0. The molecule has 64 valence electrons. The summed E-state index contributed by atoms with van der Waals surface area (Å²) in [5, 5.41) is 0.926. The van der Waals surface area contributed by atoms with Gasteiger partial charge < -0.3 is 0 Å². The predicted molar refractivity (Wildman–Crippen MR) is 55.3 cm³/mol. The molecule has 0 saturated heterocycles. The fourth-order valence-electron chi connectivity index (χ4n) is 0.644. The number of hydrogen-bond acceptors (Lipinski definition) is 1. The number of allylic oxidation sites excluding steroid dienone is 2. The Balaban J connectivity index is 3.33. The third kappa shape index (κ3) is 8.27. The third-order valence-corrected chi connectivity index (χ3v) is 2.56. The van der Waals surface area contributed by atoms with Crippen LogP contribution in [0.5, 0.6) is 0 Å². The second-order valence-corrected chi connectivity index (χ2v) is 3.88. The molecule has 0 aromatic carbocycles. The zero-order valence-corrected chi connectivity index (χ0v) is 9.74. The van der Waals surface area contributed by atoms with Gasteiger partial charge in [-0.05, 0) is 35.7 Å². The lowest BCUT2D eigenvalue weighted by Crippen LogP contribution is -1.84. The first-order valence-electron chi connectivity index (χ1n) is 3.56. The van der Waals surface area contributed by atoms with Crippen molar-refractivity contribution in [1.82, 2.24) is 0 Å². The first-order valence-corrected chi connectivity index (χ1v) is 5.48. The molecular formula is C8H12Br2O. The SMILES string of the molecule is CC(=CCCCC(=O)Br)CBr. The van der Waals surface area contributed by atoms with Crippen LogP contribution in [-0.4, -0.2) is 10.0 Å². The molecule has 0 aliphatic heterocycles. The van der Waals surface area contributed by atoms with Crippen LogP contribution >= 0.6 is 31.9 Å². The Bertz CT molecular complexity index is 152. The van der Waals surface area contributed by atoms with Gasteiger partial charge in [0, 0.05) is 11.8 Å². The van der Waals surface area contributed by atoms with E-state index in [4.69, 9.17) is 0 Å². The maximum atomic E-state index is 10.4. The molecule has 11 heavy (non-hydrogen) atoms. The number of carbonyl (C=O) groups excluding carboxylic acids is 1. The number of alkyl halides is 1. The van der Waals surface area contributed by atoms with Crippen molar-refractivity contribution in [2.45, 2.75) is 26.2 Å². The molecule has 0 heterocycles. The summed E-state index contributed by atoms with van der Waals surface area (Å²) in [7, 11) is 0. The molecule has 0 aromatic rings. The minimum Gasteiger partial charge on any atom is -0.287 e. The van der Waals surface area contributed by atoms with Crippen molar-refractivity contribution >= 4 is 36.6 Å². The van der Waals surface area contributed by atoms with Crippen molar-refractivity contribution in [2.75, 3.05) is 5.33 Å². The lowest BCUT2D eigenvalue weighted by Gasteiger charge is -1.93. The van der Waals surface area contributed by atoms with E-state index in [0.717, 1.165) is 18.2 Å². The van der Waals surface area contributed by atoms with E-state index in [-0.39, 0.29) is 4.69 Å². The molecule has 3 heteroatoms. The molecule has 0 rings (SSSR count). The molecule has 0 aliphatic carbocycles. The topological polar surface area (TPSA) is 17.1 Å². The van der Waals surface area contributed by atoms with Gasteiger partial charge >= 0.3 is 0 Å². The van der Waals surface area contributed by atoms with E-state index in [0.29, 0.717) is 6.42 Å². The quantitative estimate of drug-likeness (QED) is 0.327. The summed E-state index contributed by atoms with van der Waals surface area (Å²) in [6.07, 6.45) is 4.72. The number of unbranched alkanes of at least 4 members (excludes halogenated alkanes) is 1. The van der Waals surface area contributed by atoms with Crippen LogP contribution in [-0.2, 0) is 4.79 Å². The molecule has 0 radical (unpaired) electrons. The molecule has 0 spiro atoms. The smallest absolute Gasteiger partial charge is 0.197 e. The first kappa shape index (κ1) is 11.4. The Morgan fingerprint density at radius 3 is 2.64 bits per heavy atom. The van der Waals surface area contributed by atoms with Gasteiger partial charge in [0.25, 0.3) is 0 Å². The molecule has 0 unspecified atom stereocenters. The fourth-order valence-corrected chi connectivity index (χ4v) is 1.15. The average molecular weight is 284 g/mol. The van der Waals surface area contributed by atoms with Gasteiger partial charge in [0.2, 0.25) is 0 Å². The van der Waals surface area contributed by atoms with Gasteiger partial charge in [-0.1, -0.05) is 27.6 Å². The Morgan fingerprint density at radius 1 is 1.55 bits per heavy atom. The molecule has 0 atom stereocenters. The molecule has 0 fully saturated rings. The van der Waals surface area contributed by atoms with Gasteiger partial charge in [0.15, 0.2) is 4.69 Å². The Labute approximate surface area is 84.5 Å². The standard InChI is InChI=1S/C8H12Br2O/c1-7(6-9)4-2-3-5-8(10)11/h4H,2-3,5-6H2,1H3. The van der Waals surface area contributed by atoms with Crippen LogP contribution in [0.15, 0.2) is 11.6 Å². The maximum Gasteiger partial charge on any atom is 0.197 e. The van der Waals surface area contributed by atoms with Crippen LogP contribution < -0.4 is 0 Å². The fraction of sp³-hybridized carbons (Fsp3) is 0.625. The van der Waals surface area contributed by atoms with Crippen molar-refractivity contribution in [3.05, 3.63) is 11.6 Å². The molecule has 0 bridgehead atoms. The summed E-state index contributed by atoms with van der Waals surface area (Å²) < 4.78 is 0.0994. The summed E-state index contributed by atoms with van der Waals surface area (Å²) in [6, 6.07) is 0. The van der Waals surface area contributed by atoms with Gasteiger partial charge in [-0.25, -0.2) is 0 Å². The Kier molecular flexibility index (Phi) is 7.28. The summed E-state index contributed by atoms with van der Waals surface area (Å²) in [6.45, 7) is 2.07. The van der Waals surface area contributed by atoms with E-state index >= 15 is 0 Å². The van der Waals surface area contributed by atoms with Crippen molar-refractivity contribution in [2.24, 2.45) is 0 Å². The van der Waals surface area contributed by atoms with E-state index in [1.54, 1.807) is 0 Å². The first-order chi connectivity index (χ1) is 5.16. The second-order valence-electron chi connectivity index (χ2n) is 2.43. The Hall–Kier alpha value is 0.370. The monoisotopic (exact) mass is 282 g/mol. The van der Waals surface area contributed by atoms with Gasteiger partial charge in [-0.2, -0.15) is 0 Å². The van der Waals surface area contributed by atoms with E-state index in [1.807, 2.05) is 0 Å². The highest BCUT2D eigenvalue weighted by Crippen LogP contribution is 2.05. The molecular weight excluding hydrogens is 272 g/mol. The largest absolute Gasteiger partial charge is 0.287 e. The van der Waals surface area contributed by atoms with Gasteiger partial charge in [-0.3, -0.25) is 4.79 Å². The van der Waals surface area contributed by atoms with Crippen LogP contribution in [0, 0.1) is 0 Å². The van der Waals surface area contributed by atoms with E-state index < -0.39 is 0 Å². The van der Waals surface area contributed by atoms with Crippen LogP contribution in [0.3, 0.4) is 0 Å². The summed E-state index contributed by atoms with van der Waals surface area (Å²) in [5.41, 5.74) is 1.33. The normalized spacial score (nSPS) is 11.7. The number of hydrogen-bond donors (Lipinski definition) is 0. The van der Waals surface area contributed by atoms with Crippen LogP contribution in [0.1, 0.15) is 26.2 Å². The maximum absolute atomic E-state index is 10.4. The number of carbonyl (C=O) groups is 1. The van der Waals surface area contributed by atoms with Gasteiger partial charge in [0.05, 0.1) is 0 Å². The zero-order chi connectivity index (χ0) is 8.69. The molecule has 1 nitrogen and oxygen atoms in total. The van der Waals surface area contributed by atoms with Crippen LogP contribution in [0.25, 0.3) is 0 Å². The predicted octanol–water partition coefficient (Wildman–Crippen LogP) is 3.42. The summed E-state index contributed by atoms with van der Waals surface area (Å²) >= 11 is 6.24. The molecule has 0 aliphatic rings. The third-order valence-electron chi connectivity index (χ3n) is 1.28. The number of rotatable bonds is 5. The van der Waals surface area contributed by atoms with Crippen LogP contribution in [0.4, 0.5) is 0 Å². The molecule has 0 amide bonds. The zero-order valence-electron chi connectivity index (χ0n) is 6.57. The van der Waals surface area contributed by atoms with Crippen molar-refractivity contribution in [1.29, 1.82) is 0 Å². The van der Waals surface area contributed by atoms with Crippen molar-refractivity contribution in [3.63, 3.8) is 0 Å². The summed E-state index contributed by atoms with van der Waals surface area (Å²) in [4.78, 5) is 10.4. The van der Waals surface area contributed by atoms with E-state index in [1.165, 1.54) is 5.57 Å². The van der Waals surface area contributed by atoms with Gasteiger partial charge in [0.1, 0.15) is 0 Å². The lowest BCUT2D eigenvalue weighted by atomic mass is 10.2. The van der Waals surface area contributed by atoms with E-state index in [2.05, 4.69) is 44.9 Å². The highest BCUT2D eigenvalue weighted by atomic mass is 79.9. The Morgan fingerprint density at radius 2 is 2.18 bits per heavy atom. The molecule has 0 aromatic heterocycles. The van der Waals surface area contributed by atoms with Crippen LogP contribution in [0.2, 0.25) is 0 Å². The average Bonchev–Trinajstić information content (AvgIpc) is 1.97. The van der Waals surface area contributed by atoms with Crippen molar-refractivity contribution < 1.29 is 4.79 Å². The highest BCUT2D eigenvalue weighted by molar-refractivity contribution is 9.18. The minimum atomic E-state index is 0.0994. The van der Waals surface area contributed by atoms with E-state index in [9.17, 15) is 4.79 Å². The van der Waals surface area contributed by atoms with Crippen molar-refractivity contribution in [3.8, 4) is 0 Å². The molecule has 0 N–H and O–H groups in total. The highest BCUT2D eigenvalue weighted by Gasteiger charge is 1.93. The molecule has 0 saturated carbocycles. The number of halogens is 2. The minimum absolute atomic E-state index is 0.0994.